The van der Waals surface area contributed by atoms with Crippen molar-refractivity contribution >= 4 is 23.5 Å². The molecule has 98 valence electrons. The maximum absolute atomic E-state index is 11.1. The normalized spacial score (nSPS) is 23.8. The van der Waals surface area contributed by atoms with Gasteiger partial charge in [0.2, 0.25) is 0 Å². The maximum Gasteiger partial charge on any atom is 0.407 e. The third-order valence-electron chi connectivity index (χ3n) is 3.20. The van der Waals surface area contributed by atoms with Crippen molar-refractivity contribution < 1.29 is 9.90 Å². The van der Waals surface area contributed by atoms with Gasteiger partial charge in [-0.2, -0.15) is 0 Å². The van der Waals surface area contributed by atoms with Crippen molar-refractivity contribution in [2.75, 3.05) is 11.9 Å². The van der Waals surface area contributed by atoms with E-state index in [1.165, 1.54) is 4.90 Å². The molecule has 2 heterocycles. The Hall–Kier alpha value is -1.56. The minimum atomic E-state index is -0.879. The third kappa shape index (κ3) is 2.81. The minimum Gasteiger partial charge on any atom is -0.465 e. The first-order valence-electron chi connectivity index (χ1n) is 5.83. The van der Waals surface area contributed by atoms with E-state index >= 15 is 0 Å². The molecule has 6 nitrogen and oxygen atoms in total. The molecular formula is C11H15ClN4O2. The zero-order valence-corrected chi connectivity index (χ0v) is 10.8. The van der Waals surface area contributed by atoms with Crippen LogP contribution in [0.25, 0.3) is 0 Å². The van der Waals surface area contributed by atoms with Crippen LogP contribution >= 0.6 is 11.6 Å². The molecular weight excluding hydrogens is 256 g/mol. The number of carbonyl (C=O) groups is 1. The maximum atomic E-state index is 11.1. The molecule has 0 unspecified atom stereocenters. The highest BCUT2D eigenvalue weighted by Gasteiger charge is 2.31. The van der Waals surface area contributed by atoms with Crippen LogP contribution in [0.15, 0.2) is 12.1 Å². The Morgan fingerprint density at radius 1 is 1.56 bits per heavy atom. The standard InChI is InChI=1S/C11H15ClN4O2/c1-7-8(3-2-6-16(7)11(17)18)13-10-5-4-9(12)14-15-10/h4-5,7-8H,2-3,6H2,1H3,(H,13,15)(H,17,18)/t7-,8-/m0/s1. The second-order valence-corrected chi connectivity index (χ2v) is 4.74. The summed E-state index contributed by atoms with van der Waals surface area (Å²) in [6, 6.07) is 3.35. The molecule has 1 saturated heterocycles. The fraction of sp³-hybridized carbons (Fsp3) is 0.545. The van der Waals surface area contributed by atoms with Gasteiger partial charge in [0, 0.05) is 12.6 Å². The largest absolute Gasteiger partial charge is 0.465 e. The van der Waals surface area contributed by atoms with Crippen LogP contribution in [0.1, 0.15) is 19.8 Å². The van der Waals surface area contributed by atoms with Gasteiger partial charge in [-0.25, -0.2) is 4.79 Å². The van der Waals surface area contributed by atoms with E-state index in [0.29, 0.717) is 17.5 Å². The van der Waals surface area contributed by atoms with Gasteiger partial charge in [0.15, 0.2) is 5.15 Å². The molecule has 7 heteroatoms. The zero-order chi connectivity index (χ0) is 13.1. The highest BCUT2D eigenvalue weighted by molar-refractivity contribution is 6.29. The highest BCUT2D eigenvalue weighted by Crippen LogP contribution is 2.20. The Kier molecular flexibility index (Phi) is 3.86. The van der Waals surface area contributed by atoms with Gasteiger partial charge in [-0.1, -0.05) is 11.6 Å². The van der Waals surface area contributed by atoms with Crippen LogP contribution in [0.2, 0.25) is 5.15 Å². The van der Waals surface area contributed by atoms with Crippen LogP contribution < -0.4 is 5.32 Å². The van der Waals surface area contributed by atoms with Gasteiger partial charge in [0.1, 0.15) is 5.82 Å². The van der Waals surface area contributed by atoms with Crippen molar-refractivity contribution in [3.05, 3.63) is 17.3 Å². The molecule has 0 spiro atoms. The fourth-order valence-electron chi connectivity index (χ4n) is 2.19. The predicted octanol–water partition coefficient (Wildman–Crippen LogP) is 2.07. The van der Waals surface area contributed by atoms with Crippen LogP contribution in [0.5, 0.6) is 0 Å². The molecule has 2 rings (SSSR count). The number of piperidine rings is 1. The summed E-state index contributed by atoms with van der Waals surface area (Å²) in [4.78, 5) is 12.5. The van der Waals surface area contributed by atoms with Crippen LogP contribution in [-0.4, -0.2) is 44.9 Å². The van der Waals surface area contributed by atoms with Gasteiger partial charge in [-0.3, -0.25) is 0 Å². The van der Waals surface area contributed by atoms with Crippen molar-refractivity contribution in [1.82, 2.24) is 15.1 Å². The van der Waals surface area contributed by atoms with Crippen LogP contribution in [-0.2, 0) is 0 Å². The second-order valence-electron chi connectivity index (χ2n) is 4.35. The molecule has 18 heavy (non-hydrogen) atoms. The molecule has 1 aromatic heterocycles. The van der Waals surface area contributed by atoms with Crippen LogP contribution in [0, 0.1) is 0 Å². The van der Waals surface area contributed by atoms with E-state index in [0.717, 1.165) is 12.8 Å². The summed E-state index contributed by atoms with van der Waals surface area (Å²) in [6.45, 7) is 2.48. The van der Waals surface area contributed by atoms with E-state index in [9.17, 15) is 4.79 Å². The van der Waals surface area contributed by atoms with E-state index in [4.69, 9.17) is 16.7 Å². The lowest BCUT2D eigenvalue weighted by Gasteiger charge is -2.38. The smallest absolute Gasteiger partial charge is 0.407 e. The van der Waals surface area contributed by atoms with Crippen molar-refractivity contribution in [2.24, 2.45) is 0 Å². The van der Waals surface area contributed by atoms with Crippen molar-refractivity contribution in [3.8, 4) is 0 Å². The molecule has 0 bridgehead atoms. The molecule has 1 fully saturated rings. The Bertz CT molecular complexity index is 426. The number of hydrogen-bond acceptors (Lipinski definition) is 4. The Labute approximate surface area is 110 Å². The summed E-state index contributed by atoms with van der Waals surface area (Å²) in [5.74, 6) is 0.614. The number of rotatable bonds is 2. The summed E-state index contributed by atoms with van der Waals surface area (Å²) < 4.78 is 0. The number of nitrogens with zero attached hydrogens (tertiary/aromatic N) is 3. The number of anilines is 1. The van der Waals surface area contributed by atoms with Crippen LogP contribution in [0.4, 0.5) is 10.6 Å². The molecule has 0 radical (unpaired) electrons. The van der Waals surface area contributed by atoms with E-state index in [1.54, 1.807) is 12.1 Å². The van der Waals surface area contributed by atoms with Gasteiger partial charge < -0.3 is 15.3 Å². The Balaban J connectivity index is 2.04. The predicted molar refractivity (Wildman–Crippen MR) is 67.9 cm³/mol. The molecule has 2 N–H and O–H groups in total. The van der Waals surface area contributed by atoms with Gasteiger partial charge in [-0.15, -0.1) is 10.2 Å². The number of halogens is 1. The topological polar surface area (TPSA) is 78.4 Å². The molecule has 1 aromatic rings. The lowest BCUT2D eigenvalue weighted by Crippen LogP contribution is -2.51. The molecule has 1 aliphatic rings. The summed E-state index contributed by atoms with van der Waals surface area (Å²) >= 11 is 5.66. The lowest BCUT2D eigenvalue weighted by atomic mass is 9.98. The van der Waals surface area contributed by atoms with Crippen molar-refractivity contribution in [3.63, 3.8) is 0 Å². The molecule has 1 aliphatic heterocycles. The minimum absolute atomic E-state index is 0.0466. The number of hydrogen-bond donors (Lipinski definition) is 2. The summed E-state index contributed by atoms with van der Waals surface area (Å²) in [7, 11) is 0. The molecule has 0 saturated carbocycles. The monoisotopic (exact) mass is 270 g/mol. The number of nitrogens with one attached hydrogen (secondary N) is 1. The second kappa shape index (κ2) is 5.39. The third-order valence-corrected chi connectivity index (χ3v) is 3.40. The average molecular weight is 271 g/mol. The summed E-state index contributed by atoms with van der Waals surface area (Å²) in [5.41, 5.74) is 0. The quantitative estimate of drug-likeness (QED) is 0.860. The first-order valence-corrected chi connectivity index (χ1v) is 6.21. The Morgan fingerprint density at radius 2 is 2.33 bits per heavy atom. The first kappa shape index (κ1) is 12.9. The lowest BCUT2D eigenvalue weighted by molar-refractivity contribution is 0.107. The number of carboxylic acid groups (broad SMARTS) is 1. The highest BCUT2D eigenvalue weighted by atomic mass is 35.5. The van der Waals surface area contributed by atoms with Gasteiger partial charge in [0.25, 0.3) is 0 Å². The average Bonchev–Trinajstić information content (AvgIpc) is 2.34. The van der Waals surface area contributed by atoms with E-state index < -0.39 is 6.09 Å². The molecule has 1 amide bonds. The van der Waals surface area contributed by atoms with Crippen LogP contribution in [0.3, 0.4) is 0 Å². The molecule has 2 atom stereocenters. The number of amides is 1. The van der Waals surface area contributed by atoms with Gasteiger partial charge >= 0.3 is 6.09 Å². The van der Waals surface area contributed by atoms with Gasteiger partial charge in [0.05, 0.1) is 6.04 Å². The fourth-order valence-corrected chi connectivity index (χ4v) is 2.29. The SMILES string of the molecule is C[C@H]1[C@@H](Nc2ccc(Cl)nn2)CCCN1C(=O)O. The Morgan fingerprint density at radius 3 is 2.94 bits per heavy atom. The van der Waals surface area contributed by atoms with E-state index in [2.05, 4.69) is 15.5 Å². The van der Waals surface area contributed by atoms with Crippen molar-refractivity contribution in [1.29, 1.82) is 0 Å². The van der Waals surface area contributed by atoms with Gasteiger partial charge in [-0.05, 0) is 31.9 Å². The molecule has 0 aliphatic carbocycles. The first-order chi connectivity index (χ1) is 8.58. The summed E-state index contributed by atoms with van der Waals surface area (Å²) in [5, 5.41) is 20.3. The number of aromatic nitrogens is 2. The molecule has 0 aromatic carbocycles. The number of likely N-dealkylation sites (tertiary alicyclic amines) is 1. The van der Waals surface area contributed by atoms with E-state index in [1.807, 2.05) is 6.92 Å². The summed E-state index contributed by atoms with van der Waals surface area (Å²) in [6.07, 6.45) is 0.876. The zero-order valence-electron chi connectivity index (χ0n) is 10.0. The van der Waals surface area contributed by atoms with Crippen molar-refractivity contribution in [2.45, 2.75) is 31.8 Å². The van der Waals surface area contributed by atoms with E-state index in [-0.39, 0.29) is 12.1 Å².